The van der Waals surface area contributed by atoms with Crippen molar-refractivity contribution < 1.29 is 14.3 Å². The van der Waals surface area contributed by atoms with Gasteiger partial charge in [0, 0.05) is 27.9 Å². The van der Waals surface area contributed by atoms with Crippen LogP contribution in [0, 0.1) is 6.92 Å². The lowest BCUT2D eigenvalue weighted by Gasteiger charge is -2.10. The van der Waals surface area contributed by atoms with Crippen molar-refractivity contribution in [2.75, 3.05) is 25.1 Å². The lowest BCUT2D eigenvalue weighted by molar-refractivity contribution is 0.102. The van der Waals surface area contributed by atoms with E-state index in [0.29, 0.717) is 36.9 Å². The van der Waals surface area contributed by atoms with Crippen molar-refractivity contribution in [3.05, 3.63) is 88.4 Å². The topological polar surface area (TPSA) is 78.3 Å². The third kappa shape index (κ3) is 5.70. The molecule has 0 bridgehead atoms. The van der Waals surface area contributed by atoms with Gasteiger partial charge in [0.1, 0.15) is 6.61 Å². The third-order valence-electron chi connectivity index (χ3n) is 5.09. The monoisotopic (exact) mass is 520 g/mol. The molecule has 1 aromatic heterocycles. The number of aryl methyl sites for hydroxylation is 1. The molecule has 0 atom stereocenters. The zero-order chi connectivity index (χ0) is 23.9. The average molecular weight is 521 g/mol. The normalized spacial score (nSPS) is 10.8. The number of rotatable bonds is 9. The number of ether oxygens (including phenoxy) is 2. The molecule has 0 aliphatic heterocycles. The van der Waals surface area contributed by atoms with Crippen molar-refractivity contribution in [1.82, 2.24) is 14.8 Å². The Balaban J connectivity index is 1.59. The number of amides is 1. The number of aromatic nitrogens is 3. The Morgan fingerprint density at radius 1 is 1.03 bits per heavy atom. The maximum Gasteiger partial charge on any atom is 0.336 e. The van der Waals surface area contributed by atoms with Crippen LogP contribution in [0.2, 0.25) is 0 Å². The van der Waals surface area contributed by atoms with E-state index >= 15 is 0 Å². The zero-order valence-corrected chi connectivity index (χ0v) is 20.6. The van der Waals surface area contributed by atoms with Crippen LogP contribution in [-0.4, -0.2) is 40.5 Å². The molecule has 7 nitrogen and oxygen atoms in total. The summed E-state index contributed by atoms with van der Waals surface area (Å²) in [5.41, 5.74) is 4.09. The molecule has 0 saturated heterocycles. The summed E-state index contributed by atoms with van der Waals surface area (Å²) in [6, 6.07) is 23.0. The molecule has 34 heavy (non-hydrogen) atoms. The first-order valence-electron chi connectivity index (χ1n) is 11.0. The van der Waals surface area contributed by atoms with Gasteiger partial charge in [0.2, 0.25) is 0 Å². The van der Waals surface area contributed by atoms with Crippen LogP contribution in [-0.2, 0) is 4.74 Å². The molecule has 0 saturated carbocycles. The molecule has 0 aliphatic carbocycles. The van der Waals surface area contributed by atoms with E-state index in [2.05, 4.69) is 31.3 Å². The number of hydrogen-bond acceptors (Lipinski definition) is 5. The molecule has 0 unspecified atom stereocenters. The molecule has 3 aromatic carbocycles. The summed E-state index contributed by atoms with van der Waals surface area (Å²) >= 11 is 3.39. The average Bonchev–Trinajstić information content (AvgIpc) is 3.26. The van der Waals surface area contributed by atoms with Crippen LogP contribution in [0.25, 0.3) is 17.1 Å². The first-order chi connectivity index (χ1) is 16.5. The van der Waals surface area contributed by atoms with Gasteiger partial charge in [-0.05, 0) is 61.9 Å². The maximum absolute atomic E-state index is 12.6. The van der Waals surface area contributed by atoms with Crippen LogP contribution in [0.5, 0.6) is 6.01 Å². The molecule has 8 heteroatoms. The minimum Gasteiger partial charge on any atom is -0.460 e. The summed E-state index contributed by atoms with van der Waals surface area (Å²) in [5.74, 6) is 0.496. The van der Waals surface area contributed by atoms with E-state index in [9.17, 15) is 4.79 Å². The SMILES string of the molecule is CCOCCOc1nc(-c2ccccc2C)n(-c2ccc(NC(=O)c3cccc(Br)c3)cc2)n1. The number of nitrogens with one attached hydrogen (secondary N) is 1. The van der Waals surface area contributed by atoms with Gasteiger partial charge >= 0.3 is 6.01 Å². The third-order valence-corrected chi connectivity index (χ3v) is 5.59. The van der Waals surface area contributed by atoms with Crippen molar-refractivity contribution in [3.8, 4) is 23.1 Å². The van der Waals surface area contributed by atoms with Gasteiger partial charge in [-0.3, -0.25) is 4.79 Å². The Morgan fingerprint density at radius 2 is 1.82 bits per heavy atom. The minimum atomic E-state index is -0.180. The summed E-state index contributed by atoms with van der Waals surface area (Å²) in [6.07, 6.45) is 0. The Morgan fingerprint density at radius 3 is 2.56 bits per heavy atom. The van der Waals surface area contributed by atoms with Gasteiger partial charge in [0.25, 0.3) is 5.91 Å². The molecule has 1 N–H and O–H groups in total. The summed E-state index contributed by atoms with van der Waals surface area (Å²) in [7, 11) is 0. The van der Waals surface area contributed by atoms with Gasteiger partial charge < -0.3 is 14.8 Å². The van der Waals surface area contributed by atoms with Crippen LogP contribution in [0.1, 0.15) is 22.8 Å². The predicted octanol–water partition coefficient (Wildman–Crippen LogP) is 5.67. The Kier molecular flexibility index (Phi) is 7.72. The van der Waals surface area contributed by atoms with Crippen LogP contribution in [0.15, 0.2) is 77.3 Å². The fraction of sp³-hybridized carbons (Fsp3) is 0.192. The Bertz CT molecular complexity index is 1270. The smallest absolute Gasteiger partial charge is 0.336 e. The number of benzene rings is 3. The number of anilines is 1. The highest BCUT2D eigenvalue weighted by Gasteiger charge is 2.16. The maximum atomic E-state index is 12.6. The van der Waals surface area contributed by atoms with Gasteiger partial charge in [-0.1, -0.05) is 46.3 Å². The number of halogens is 1. The fourth-order valence-corrected chi connectivity index (χ4v) is 3.79. The quantitative estimate of drug-likeness (QED) is 0.287. The lowest BCUT2D eigenvalue weighted by atomic mass is 10.1. The summed E-state index contributed by atoms with van der Waals surface area (Å²) in [6.45, 7) is 5.44. The fourth-order valence-electron chi connectivity index (χ4n) is 3.39. The molecule has 0 spiro atoms. The molecular weight excluding hydrogens is 496 g/mol. The van der Waals surface area contributed by atoms with Gasteiger partial charge in [0.05, 0.1) is 12.3 Å². The Labute approximate surface area is 206 Å². The summed E-state index contributed by atoms with van der Waals surface area (Å²) < 4.78 is 13.7. The molecule has 4 aromatic rings. The van der Waals surface area contributed by atoms with Crippen molar-refractivity contribution in [2.24, 2.45) is 0 Å². The standard InChI is InChI=1S/C26H25BrN4O3/c1-3-33-15-16-34-26-29-24(23-10-5-4-7-18(23)2)31(30-26)22-13-11-21(12-14-22)28-25(32)19-8-6-9-20(27)17-19/h4-14,17H,3,15-16H2,1-2H3,(H,28,32). The van der Waals surface area contributed by atoms with E-state index in [1.165, 1.54) is 0 Å². The molecule has 174 valence electrons. The summed E-state index contributed by atoms with van der Waals surface area (Å²) in [5, 5.41) is 7.50. The summed E-state index contributed by atoms with van der Waals surface area (Å²) in [4.78, 5) is 17.2. The number of nitrogens with zero attached hydrogens (tertiary/aromatic N) is 3. The highest BCUT2D eigenvalue weighted by Crippen LogP contribution is 2.27. The van der Waals surface area contributed by atoms with Crippen LogP contribution >= 0.6 is 15.9 Å². The van der Waals surface area contributed by atoms with E-state index < -0.39 is 0 Å². The van der Waals surface area contributed by atoms with Gasteiger partial charge in [-0.2, -0.15) is 4.98 Å². The lowest BCUT2D eigenvalue weighted by Crippen LogP contribution is -2.11. The minimum absolute atomic E-state index is 0.180. The molecule has 1 heterocycles. The Hall–Kier alpha value is -3.49. The molecule has 4 rings (SSSR count). The highest BCUT2D eigenvalue weighted by atomic mass is 79.9. The molecule has 0 fully saturated rings. The van der Waals surface area contributed by atoms with E-state index in [1.807, 2.05) is 74.5 Å². The van der Waals surface area contributed by atoms with E-state index in [1.54, 1.807) is 16.8 Å². The van der Waals surface area contributed by atoms with Crippen molar-refractivity contribution >= 4 is 27.5 Å². The van der Waals surface area contributed by atoms with Crippen LogP contribution in [0.4, 0.5) is 5.69 Å². The van der Waals surface area contributed by atoms with E-state index in [4.69, 9.17) is 9.47 Å². The van der Waals surface area contributed by atoms with Crippen molar-refractivity contribution in [1.29, 1.82) is 0 Å². The van der Waals surface area contributed by atoms with Crippen molar-refractivity contribution in [2.45, 2.75) is 13.8 Å². The molecule has 1 amide bonds. The molecular formula is C26H25BrN4O3. The first kappa shape index (κ1) is 23.7. The second-order valence-corrected chi connectivity index (χ2v) is 8.42. The van der Waals surface area contributed by atoms with Crippen LogP contribution < -0.4 is 10.1 Å². The van der Waals surface area contributed by atoms with E-state index in [0.717, 1.165) is 21.3 Å². The predicted molar refractivity (Wildman–Crippen MR) is 136 cm³/mol. The second-order valence-electron chi connectivity index (χ2n) is 7.50. The second kappa shape index (κ2) is 11.1. The van der Waals surface area contributed by atoms with Crippen molar-refractivity contribution in [3.63, 3.8) is 0 Å². The van der Waals surface area contributed by atoms with Gasteiger partial charge in [-0.15, -0.1) is 5.10 Å². The number of carbonyl (C=O) groups excluding carboxylic acids is 1. The molecule has 0 aliphatic rings. The van der Waals surface area contributed by atoms with Gasteiger partial charge in [0.15, 0.2) is 5.82 Å². The number of hydrogen-bond donors (Lipinski definition) is 1. The first-order valence-corrected chi connectivity index (χ1v) is 11.8. The zero-order valence-electron chi connectivity index (χ0n) is 19.0. The van der Waals surface area contributed by atoms with Crippen LogP contribution in [0.3, 0.4) is 0 Å². The van der Waals surface area contributed by atoms with Gasteiger partial charge in [-0.25, -0.2) is 4.68 Å². The largest absolute Gasteiger partial charge is 0.460 e. The highest BCUT2D eigenvalue weighted by molar-refractivity contribution is 9.10. The number of carbonyl (C=O) groups is 1. The van der Waals surface area contributed by atoms with E-state index in [-0.39, 0.29) is 11.9 Å². The molecule has 0 radical (unpaired) electrons.